The number of benzene rings is 6. The van der Waals surface area contributed by atoms with Crippen molar-refractivity contribution in [3.8, 4) is 0 Å². The number of hydrogen-bond acceptors (Lipinski definition) is 20. The fourth-order valence-corrected chi connectivity index (χ4v) is 29.1. The maximum atomic E-state index is 14.2. The van der Waals surface area contributed by atoms with Crippen LogP contribution in [0.1, 0.15) is 67.3 Å². The van der Waals surface area contributed by atoms with Crippen LogP contribution in [0.5, 0.6) is 0 Å². The minimum absolute atomic E-state index is 0.0469. The Morgan fingerprint density at radius 3 is 1.08 bits per heavy atom. The summed E-state index contributed by atoms with van der Waals surface area (Å²) in [7, 11) is 19.8. The molecule has 0 saturated carbocycles. The van der Waals surface area contributed by atoms with Crippen molar-refractivity contribution in [2.75, 3.05) is 59.7 Å². The first kappa shape index (κ1) is 99.7. The number of nitrogens with zero attached hydrogens (tertiary/aromatic N) is 15. The largest absolute Gasteiger partial charge is 0.337 e. The molecule has 0 N–H and O–H groups in total. The number of hydrogen-bond donors (Lipinski definition) is 0. The summed E-state index contributed by atoms with van der Waals surface area (Å²) in [4.78, 5) is 81.1. The Morgan fingerprint density at radius 1 is 0.321 bits per heavy atom. The molecule has 140 heavy (non-hydrogen) atoms. The van der Waals surface area contributed by atoms with Gasteiger partial charge < -0.3 is 24.5 Å². The highest BCUT2D eigenvalue weighted by Crippen LogP contribution is 2.51. The minimum atomic E-state index is -0.886. The van der Waals surface area contributed by atoms with E-state index in [1.807, 2.05) is 305 Å². The van der Waals surface area contributed by atoms with Crippen molar-refractivity contribution in [1.82, 2.24) is 22.8 Å². The second-order valence-corrected chi connectivity index (χ2v) is 44.1. The highest BCUT2D eigenvalue weighted by atomic mass is 35.5. The van der Waals surface area contributed by atoms with Gasteiger partial charge in [-0.05, 0) is 131 Å². The molecule has 5 aliphatic heterocycles. The molecule has 712 valence electrons. The summed E-state index contributed by atoms with van der Waals surface area (Å²) >= 11 is 27.8. The van der Waals surface area contributed by atoms with Crippen molar-refractivity contribution < 1.29 is 31.6 Å². The predicted octanol–water partition coefficient (Wildman–Crippen LogP) is 12.4. The van der Waals surface area contributed by atoms with Crippen LogP contribution in [0.25, 0.3) is 55.5 Å². The summed E-state index contributed by atoms with van der Waals surface area (Å²) in [6.07, 6.45) is 20.2. The summed E-state index contributed by atoms with van der Waals surface area (Å²) in [5, 5.41) is 5.94. The van der Waals surface area contributed by atoms with Gasteiger partial charge in [-0.3, -0.25) is 46.8 Å². The molecule has 0 saturated heterocycles. The van der Waals surface area contributed by atoms with Crippen LogP contribution in [0, 0.1) is 18.6 Å². The molecule has 6 aromatic carbocycles. The summed E-state index contributed by atoms with van der Waals surface area (Å²) < 4.78 is 55.4. The van der Waals surface area contributed by atoms with E-state index in [-0.39, 0.29) is 32.7 Å². The Balaban J connectivity index is 0.000000121. The van der Waals surface area contributed by atoms with Crippen LogP contribution < -0.4 is 121 Å². The zero-order valence-corrected chi connectivity index (χ0v) is 89.0. The SMILES string of the molecule is CCn1c(=O)/c(=C2\Sc3c(ccc(F)c3F)N2C)s/c1=C\c1cccc[n+]1C.CCn1c(=O)/c(=C2\Sc3ccc(C)cc3N2C)s/c1=C\c1cccc[n+]1C.CCn1c(=O)/c(=C2\Sc3cccc(Cl)c3N2C)s/c1=C\c1cccc[n+]1C.CCn1c(=O)/c(=C2\Sc3ccccc3N2C)s/c1=C\c1cc(Cl)cc[n+]1C.CN1/C(=c2\s/c(=C\c3cccc[n+]3C)n(Cc3ccccc3)c2=O)Sc2ccccc21. The molecule has 16 aromatic rings. The molecule has 15 heterocycles. The number of halogens is 4. The minimum Gasteiger partial charge on any atom is -0.337 e. The highest BCUT2D eigenvalue weighted by molar-refractivity contribution is 8.10. The average molecular weight is 2090 g/mol. The van der Waals surface area contributed by atoms with Crippen LogP contribution in [0.15, 0.2) is 292 Å². The van der Waals surface area contributed by atoms with Gasteiger partial charge in [0.15, 0.2) is 42.6 Å². The van der Waals surface area contributed by atoms with E-state index in [1.165, 1.54) is 66.0 Å². The fourth-order valence-electron chi connectivity index (χ4n) is 16.3. The quantitative estimate of drug-likeness (QED) is 0.113. The van der Waals surface area contributed by atoms with Crippen molar-refractivity contribution in [3.63, 3.8) is 0 Å². The number of fused-ring (bicyclic) bond motifs is 5. The van der Waals surface area contributed by atoms with Crippen LogP contribution in [-0.2, 0) is 68.0 Å². The molecule has 0 bridgehead atoms. The molecule has 0 radical (unpaired) electrons. The van der Waals surface area contributed by atoms with Gasteiger partial charge in [-0.15, -0.1) is 56.7 Å². The smallest absolute Gasteiger partial charge is 0.272 e. The van der Waals surface area contributed by atoms with Crippen molar-refractivity contribution >= 4 is 223 Å². The van der Waals surface area contributed by atoms with Gasteiger partial charge in [-0.2, -0.15) is 0 Å². The van der Waals surface area contributed by atoms with Crippen LogP contribution in [0.3, 0.4) is 0 Å². The first-order valence-electron chi connectivity index (χ1n) is 44.9. The highest BCUT2D eigenvalue weighted by Gasteiger charge is 2.33. The molecule has 0 unspecified atom stereocenters. The van der Waals surface area contributed by atoms with Crippen LogP contribution in [0.4, 0.5) is 37.2 Å². The number of aromatic nitrogens is 10. The maximum absolute atomic E-state index is 14.2. The van der Waals surface area contributed by atoms with Gasteiger partial charge in [-0.25, -0.2) is 31.6 Å². The number of pyridine rings is 5. The lowest BCUT2D eigenvalue weighted by Crippen LogP contribution is -2.35. The zero-order valence-electron chi connectivity index (χ0n) is 79.4. The van der Waals surface area contributed by atoms with E-state index < -0.39 is 11.6 Å². The third-order valence-corrected chi connectivity index (χ3v) is 37.0. The van der Waals surface area contributed by atoms with Gasteiger partial charge in [0, 0.05) is 172 Å². The Labute approximate surface area is 858 Å². The molecule has 0 atom stereocenters. The van der Waals surface area contributed by atoms with Crippen molar-refractivity contribution in [3.05, 3.63) is 402 Å². The number of thiazole rings is 5. The van der Waals surface area contributed by atoms with E-state index in [4.69, 9.17) is 23.2 Å². The molecule has 5 aliphatic rings. The zero-order chi connectivity index (χ0) is 98.8. The van der Waals surface area contributed by atoms with Gasteiger partial charge in [0.1, 0.15) is 106 Å². The molecule has 0 spiro atoms. The van der Waals surface area contributed by atoms with Crippen LogP contribution >= 0.6 is 139 Å². The molecule has 0 aliphatic carbocycles. The summed E-state index contributed by atoms with van der Waals surface area (Å²) in [5.74, 6) is -1.76. The standard InChI is InChI=1S/C25H22N3OS2.C21H22N3OS2.2C20H19ClN3OS2.C20H18F2N3OS2/c1-26-15-9-8-12-19(26)16-22-28(17-18-10-4-3-5-11-18)24(29)23(31-22)25-27(2)20-13-6-7-14-21(20)30-25;1-5-24-18(13-15-8-6-7-11-22(15)3)27-19(20(24)25)21-23(4)16-12-14(2)9-10-17(16)26-21;1-4-24-16(12-13-8-5-6-11-22(13)2)27-18(19(24)25)20-23(3)17-14(21)9-7-10-15(17)26-20;1-4-24-17(12-14-11-13(21)9-10-22(14)2)27-18(19(24)25)20-23(3)15-7-5-6-8-16(15)26-20;1-4-25-15(11-12-7-5-6-10-23(12)2)27-18(19(25)26)20-24(3)14-9-8-13(21)16(22)17(14)28-20/h3-16H,17H2,1-2H3;6-13H,5H2,1-4H3;2*5-12H,4H2,1-3H3;5-11H,4H2,1-3H3/q5*+1/b25-23+;21-19+;3*20-18+. The van der Waals surface area contributed by atoms with E-state index in [1.54, 1.807) is 86.2 Å². The molecular formula is C106H100Cl2F2N15O5S10+5. The van der Waals surface area contributed by atoms with Gasteiger partial charge in [0.05, 0.1) is 49.9 Å². The van der Waals surface area contributed by atoms with E-state index in [0.29, 0.717) is 58.0 Å². The molecule has 21 rings (SSSR count). The topological polar surface area (TPSA) is 146 Å². The molecule has 0 fully saturated rings. The Morgan fingerprint density at radius 2 is 0.664 bits per heavy atom. The summed E-state index contributed by atoms with van der Waals surface area (Å²) in [5.41, 5.74) is 12.5. The Bertz CT molecular complexity index is 8650. The molecule has 34 heteroatoms. The second-order valence-electron chi connectivity index (χ2n) is 33.0. The Kier molecular flexibility index (Phi) is 30.8. The number of para-hydroxylation sites is 3. The first-order valence-corrected chi connectivity index (χ1v) is 53.8. The third kappa shape index (κ3) is 20.4. The number of aryl methyl sites for hydroxylation is 6. The maximum Gasteiger partial charge on any atom is 0.272 e. The van der Waals surface area contributed by atoms with Crippen LogP contribution in [0.2, 0.25) is 10.0 Å². The lowest BCUT2D eigenvalue weighted by atomic mass is 10.2. The molecule has 0 amide bonds. The van der Waals surface area contributed by atoms with Gasteiger partial charge in [-0.1, -0.05) is 149 Å². The lowest BCUT2D eigenvalue weighted by molar-refractivity contribution is -0.673. The molecule has 20 nitrogen and oxygen atoms in total. The van der Waals surface area contributed by atoms with E-state index in [9.17, 15) is 32.8 Å². The predicted molar refractivity (Wildman–Crippen MR) is 579 cm³/mol. The summed E-state index contributed by atoms with van der Waals surface area (Å²) in [6.45, 7) is 13.0. The van der Waals surface area contributed by atoms with Crippen molar-refractivity contribution in [1.29, 1.82) is 0 Å². The number of anilines is 5. The lowest BCUT2D eigenvalue weighted by Gasteiger charge is -2.13. The monoisotopic (exact) mass is 2090 g/mol. The van der Waals surface area contributed by atoms with Crippen molar-refractivity contribution in [2.45, 2.75) is 91.8 Å². The first-order chi connectivity index (χ1) is 67.5. The van der Waals surface area contributed by atoms with Crippen molar-refractivity contribution in [2.24, 2.45) is 35.2 Å². The average Bonchev–Trinajstić information content (AvgIpc) is 1.62. The van der Waals surface area contributed by atoms with E-state index in [0.717, 1.165) is 135 Å². The molecule has 10 aromatic heterocycles. The van der Waals surface area contributed by atoms with Crippen LogP contribution in [-0.4, -0.2) is 58.1 Å². The summed E-state index contributed by atoms with van der Waals surface area (Å²) in [6, 6.07) is 69.5. The van der Waals surface area contributed by atoms with Gasteiger partial charge >= 0.3 is 0 Å². The number of thioether (sulfide) groups is 5. The Hall–Kier alpha value is -11.9. The van der Waals surface area contributed by atoms with E-state index >= 15 is 0 Å². The second kappa shape index (κ2) is 43.3. The molecular weight excluding hydrogens is 1990 g/mol. The normalized spacial score (nSPS) is 16.0. The van der Waals surface area contributed by atoms with Gasteiger partial charge in [0.2, 0.25) is 28.5 Å². The third-order valence-electron chi connectivity index (χ3n) is 24.0. The fraction of sp³-hybridized carbons (Fsp3) is 0.189. The number of rotatable bonds is 11. The van der Waals surface area contributed by atoms with E-state index in [2.05, 4.69) is 116 Å². The van der Waals surface area contributed by atoms with Gasteiger partial charge in [0.25, 0.3) is 27.8 Å².